The summed E-state index contributed by atoms with van der Waals surface area (Å²) in [5.74, 6) is 1.89. The molecule has 1 amide bonds. The topological polar surface area (TPSA) is 29.1 Å². The maximum atomic E-state index is 12.0. The van der Waals surface area contributed by atoms with Crippen LogP contribution in [0.4, 0.5) is 5.69 Å². The van der Waals surface area contributed by atoms with Crippen molar-refractivity contribution in [1.82, 2.24) is 0 Å². The zero-order valence-electron chi connectivity index (χ0n) is 12.3. The molecule has 2 nitrogen and oxygen atoms in total. The molecule has 21 heavy (non-hydrogen) atoms. The van der Waals surface area contributed by atoms with Crippen molar-refractivity contribution < 1.29 is 4.79 Å². The van der Waals surface area contributed by atoms with E-state index in [1.165, 1.54) is 11.1 Å². The van der Waals surface area contributed by atoms with Gasteiger partial charge in [0.05, 0.1) is 0 Å². The maximum Gasteiger partial charge on any atom is 0.225 e. The first-order chi connectivity index (χ1) is 10.3. The summed E-state index contributed by atoms with van der Waals surface area (Å²) in [5.41, 5.74) is 3.43. The maximum absolute atomic E-state index is 12.0. The Labute approximate surface area is 131 Å². The van der Waals surface area contributed by atoms with Crippen molar-refractivity contribution in [3.05, 3.63) is 65.7 Å². The fourth-order valence-corrected chi connectivity index (χ4v) is 2.99. The van der Waals surface area contributed by atoms with Crippen molar-refractivity contribution in [2.45, 2.75) is 25.5 Å². The minimum Gasteiger partial charge on any atom is -0.326 e. The van der Waals surface area contributed by atoms with Crippen molar-refractivity contribution in [3.8, 4) is 0 Å². The van der Waals surface area contributed by atoms with E-state index in [1.54, 1.807) is 11.8 Å². The second-order valence-corrected chi connectivity index (χ2v) is 5.95. The zero-order chi connectivity index (χ0) is 14.9. The first kappa shape index (κ1) is 15.6. The summed E-state index contributed by atoms with van der Waals surface area (Å²) in [4.78, 5) is 12.0. The molecule has 0 aliphatic carbocycles. The lowest BCUT2D eigenvalue weighted by Gasteiger charge is -2.09. The van der Waals surface area contributed by atoms with Gasteiger partial charge in [-0.25, -0.2) is 0 Å². The molecule has 0 bridgehead atoms. The molecule has 2 rings (SSSR count). The van der Waals surface area contributed by atoms with Gasteiger partial charge in [-0.3, -0.25) is 4.79 Å². The van der Waals surface area contributed by atoms with E-state index in [0.29, 0.717) is 6.42 Å². The van der Waals surface area contributed by atoms with Crippen LogP contribution in [0, 0.1) is 0 Å². The van der Waals surface area contributed by atoms with Crippen LogP contribution in [0.25, 0.3) is 0 Å². The molecular formula is C18H21NOS. The van der Waals surface area contributed by atoms with Gasteiger partial charge in [0.2, 0.25) is 5.91 Å². The van der Waals surface area contributed by atoms with Gasteiger partial charge in [0.15, 0.2) is 0 Å². The molecule has 0 aromatic heterocycles. The second kappa shape index (κ2) is 8.53. The summed E-state index contributed by atoms with van der Waals surface area (Å²) < 4.78 is 0. The third-order valence-electron chi connectivity index (χ3n) is 3.26. The monoisotopic (exact) mass is 299 g/mol. The number of benzene rings is 2. The lowest BCUT2D eigenvalue weighted by Crippen LogP contribution is -2.13. The Morgan fingerprint density at radius 3 is 2.52 bits per heavy atom. The zero-order valence-corrected chi connectivity index (χ0v) is 13.2. The largest absolute Gasteiger partial charge is 0.326 e. The minimum absolute atomic E-state index is 0.0939. The van der Waals surface area contributed by atoms with E-state index in [0.717, 1.165) is 23.6 Å². The number of carbonyl (C=O) groups is 1. The Bertz CT molecular complexity index is 568. The molecule has 0 aliphatic rings. The predicted molar refractivity (Wildman–Crippen MR) is 91.7 cm³/mol. The fraction of sp³-hybridized carbons (Fsp3) is 0.278. The molecule has 1 N–H and O–H groups in total. The first-order valence-electron chi connectivity index (χ1n) is 7.29. The number of anilines is 1. The standard InChI is InChI=1S/C18H21NOS/c1-2-16-10-6-7-11-17(16)19-18(20)12-13-21-14-15-8-4-3-5-9-15/h3-11H,2,12-14H2,1H3,(H,19,20). The summed E-state index contributed by atoms with van der Waals surface area (Å²) in [6.07, 6.45) is 1.48. The van der Waals surface area contributed by atoms with Gasteiger partial charge in [-0.05, 0) is 23.6 Å². The van der Waals surface area contributed by atoms with Crippen molar-refractivity contribution >= 4 is 23.4 Å². The van der Waals surface area contributed by atoms with Crippen molar-refractivity contribution in [2.75, 3.05) is 11.1 Å². The van der Waals surface area contributed by atoms with Crippen LogP contribution in [0.5, 0.6) is 0 Å². The molecule has 3 heteroatoms. The van der Waals surface area contributed by atoms with Crippen LogP contribution in [0.15, 0.2) is 54.6 Å². The first-order valence-corrected chi connectivity index (χ1v) is 8.44. The molecular weight excluding hydrogens is 278 g/mol. The van der Waals surface area contributed by atoms with Gasteiger partial charge < -0.3 is 5.32 Å². The molecule has 0 atom stereocenters. The Kier molecular flexibility index (Phi) is 6.35. The predicted octanol–water partition coefficient (Wildman–Crippen LogP) is 4.51. The summed E-state index contributed by atoms with van der Waals surface area (Å²) in [5, 5.41) is 3.01. The number of aryl methyl sites for hydroxylation is 1. The Hall–Kier alpha value is -1.74. The van der Waals surface area contributed by atoms with Gasteiger partial charge in [0.25, 0.3) is 0 Å². The molecule has 0 fully saturated rings. The molecule has 0 radical (unpaired) electrons. The third-order valence-corrected chi connectivity index (χ3v) is 4.29. The van der Waals surface area contributed by atoms with Gasteiger partial charge in [-0.1, -0.05) is 55.5 Å². The normalized spacial score (nSPS) is 10.3. The summed E-state index contributed by atoms with van der Waals surface area (Å²) in [6, 6.07) is 18.3. The Balaban J connectivity index is 1.72. The van der Waals surface area contributed by atoms with Crippen LogP contribution in [0.1, 0.15) is 24.5 Å². The lowest BCUT2D eigenvalue weighted by molar-refractivity contribution is -0.115. The second-order valence-electron chi connectivity index (χ2n) is 4.85. The number of rotatable bonds is 7. The smallest absolute Gasteiger partial charge is 0.225 e. The average molecular weight is 299 g/mol. The van der Waals surface area contributed by atoms with Gasteiger partial charge in [0.1, 0.15) is 0 Å². The van der Waals surface area contributed by atoms with Crippen LogP contribution >= 0.6 is 11.8 Å². The van der Waals surface area contributed by atoms with E-state index in [2.05, 4.69) is 30.4 Å². The van der Waals surface area contributed by atoms with Crippen LogP contribution < -0.4 is 5.32 Å². The van der Waals surface area contributed by atoms with Gasteiger partial charge >= 0.3 is 0 Å². The molecule has 0 spiro atoms. The number of hydrogen-bond acceptors (Lipinski definition) is 2. The molecule has 0 heterocycles. The number of hydrogen-bond donors (Lipinski definition) is 1. The molecule has 2 aromatic rings. The number of carbonyl (C=O) groups excluding carboxylic acids is 1. The molecule has 110 valence electrons. The van der Waals surface area contributed by atoms with Crippen LogP contribution in [0.2, 0.25) is 0 Å². The Morgan fingerprint density at radius 2 is 1.76 bits per heavy atom. The van der Waals surface area contributed by atoms with Gasteiger partial charge in [-0.15, -0.1) is 0 Å². The van der Waals surface area contributed by atoms with Crippen LogP contribution in [-0.4, -0.2) is 11.7 Å². The van der Waals surface area contributed by atoms with Crippen LogP contribution in [0.3, 0.4) is 0 Å². The number of nitrogens with one attached hydrogen (secondary N) is 1. The van der Waals surface area contributed by atoms with Crippen LogP contribution in [-0.2, 0) is 17.0 Å². The highest BCUT2D eigenvalue weighted by Crippen LogP contribution is 2.17. The molecule has 0 saturated carbocycles. The average Bonchev–Trinajstić information content (AvgIpc) is 2.53. The van der Waals surface area contributed by atoms with E-state index in [-0.39, 0.29) is 5.91 Å². The quantitative estimate of drug-likeness (QED) is 0.762. The SMILES string of the molecule is CCc1ccccc1NC(=O)CCSCc1ccccc1. The lowest BCUT2D eigenvalue weighted by atomic mass is 10.1. The van der Waals surface area contributed by atoms with E-state index in [1.807, 2.05) is 36.4 Å². The van der Waals surface area contributed by atoms with Crippen molar-refractivity contribution in [1.29, 1.82) is 0 Å². The van der Waals surface area contributed by atoms with Gasteiger partial charge in [0, 0.05) is 23.6 Å². The Morgan fingerprint density at radius 1 is 1.05 bits per heavy atom. The van der Waals surface area contributed by atoms with Gasteiger partial charge in [-0.2, -0.15) is 11.8 Å². The highest BCUT2D eigenvalue weighted by atomic mass is 32.2. The van der Waals surface area contributed by atoms with Crippen molar-refractivity contribution in [2.24, 2.45) is 0 Å². The fourth-order valence-electron chi connectivity index (χ4n) is 2.09. The summed E-state index contributed by atoms with van der Waals surface area (Å²) >= 11 is 1.79. The number of para-hydroxylation sites is 1. The highest BCUT2D eigenvalue weighted by Gasteiger charge is 2.05. The minimum atomic E-state index is 0.0939. The molecule has 2 aromatic carbocycles. The summed E-state index contributed by atoms with van der Waals surface area (Å²) in [7, 11) is 0. The van der Waals surface area contributed by atoms with E-state index >= 15 is 0 Å². The highest BCUT2D eigenvalue weighted by molar-refractivity contribution is 7.98. The molecule has 0 unspecified atom stereocenters. The molecule has 0 saturated heterocycles. The number of amides is 1. The van der Waals surface area contributed by atoms with Crippen molar-refractivity contribution in [3.63, 3.8) is 0 Å². The number of thioether (sulfide) groups is 1. The van der Waals surface area contributed by atoms with E-state index < -0.39 is 0 Å². The summed E-state index contributed by atoms with van der Waals surface area (Å²) in [6.45, 7) is 2.10. The third kappa shape index (κ3) is 5.27. The van der Waals surface area contributed by atoms with E-state index in [9.17, 15) is 4.79 Å². The molecule has 0 aliphatic heterocycles. The van der Waals surface area contributed by atoms with E-state index in [4.69, 9.17) is 0 Å².